The third-order valence-corrected chi connectivity index (χ3v) is 2.66. The Labute approximate surface area is 93.2 Å². The van der Waals surface area contributed by atoms with E-state index in [1.807, 2.05) is 0 Å². The fraction of sp³-hybridized carbons (Fsp3) is 0.875. The van der Waals surface area contributed by atoms with Gasteiger partial charge in [0, 0.05) is 5.88 Å². The summed E-state index contributed by atoms with van der Waals surface area (Å²) in [6.07, 6.45) is 3.87. The summed E-state index contributed by atoms with van der Waals surface area (Å²) in [7, 11) is 0. The molecule has 0 aromatic carbocycles. The van der Waals surface area contributed by atoms with Crippen molar-refractivity contribution in [1.82, 2.24) is 0 Å². The lowest BCUT2D eigenvalue weighted by Gasteiger charge is -2.12. The van der Waals surface area contributed by atoms with Gasteiger partial charge in [0.15, 0.2) is 0 Å². The Kier molecular flexibility index (Phi) is 6.92. The summed E-state index contributed by atoms with van der Waals surface area (Å²) >= 11 is 16.5. The topological polar surface area (TPSA) is 37.3 Å². The number of carbonyl (C=O) groups is 1. The molecule has 0 unspecified atom stereocenters. The maximum absolute atomic E-state index is 10.5. The molecule has 0 saturated carbocycles. The first-order valence-corrected chi connectivity index (χ1v) is 5.47. The Bertz CT molecular complexity index is 159. The molecular formula is C8H13Cl3O2. The lowest BCUT2D eigenvalue weighted by atomic mass is 10.1. The molecule has 2 nitrogen and oxygen atoms in total. The standard InChI is InChI=1S/C8H13Cl3O2/c9-6-4-2-1-3-5-8(10,11)7(12)13/h1-6H2,(H,12,13). The summed E-state index contributed by atoms with van der Waals surface area (Å²) < 4.78 is -1.62. The monoisotopic (exact) mass is 246 g/mol. The molecule has 5 heteroatoms. The van der Waals surface area contributed by atoms with Crippen LogP contribution in [0.25, 0.3) is 0 Å². The Balaban J connectivity index is 3.46. The van der Waals surface area contributed by atoms with E-state index in [1.54, 1.807) is 0 Å². The van der Waals surface area contributed by atoms with Crippen molar-refractivity contribution in [3.63, 3.8) is 0 Å². The quantitative estimate of drug-likeness (QED) is 0.553. The highest BCUT2D eigenvalue weighted by atomic mass is 35.5. The number of carboxylic acid groups (broad SMARTS) is 1. The van der Waals surface area contributed by atoms with Crippen LogP contribution in [0.5, 0.6) is 0 Å². The van der Waals surface area contributed by atoms with Crippen LogP contribution in [0.4, 0.5) is 0 Å². The van der Waals surface area contributed by atoms with Gasteiger partial charge in [-0.15, -0.1) is 11.6 Å². The van der Waals surface area contributed by atoms with Crippen molar-refractivity contribution in [3.8, 4) is 0 Å². The van der Waals surface area contributed by atoms with Crippen LogP contribution < -0.4 is 0 Å². The zero-order chi connectivity index (χ0) is 10.3. The van der Waals surface area contributed by atoms with Crippen LogP contribution in [-0.4, -0.2) is 21.3 Å². The molecule has 1 N–H and O–H groups in total. The van der Waals surface area contributed by atoms with Crippen LogP contribution in [0.1, 0.15) is 32.1 Å². The Morgan fingerprint density at radius 1 is 1.15 bits per heavy atom. The average molecular weight is 248 g/mol. The van der Waals surface area contributed by atoms with Crippen molar-refractivity contribution in [2.45, 2.75) is 36.4 Å². The van der Waals surface area contributed by atoms with Crippen LogP contribution in [0.3, 0.4) is 0 Å². The minimum atomic E-state index is -1.62. The van der Waals surface area contributed by atoms with Gasteiger partial charge in [-0.05, 0) is 19.3 Å². The lowest BCUT2D eigenvalue weighted by molar-refractivity contribution is -0.138. The summed E-state index contributed by atoms with van der Waals surface area (Å²) in [4.78, 5) is 10.5. The van der Waals surface area contributed by atoms with Gasteiger partial charge in [-0.1, -0.05) is 36.0 Å². The van der Waals surface area contributed by atoms with Gasteiger partial charge >= 0.3 is 5.97 Å². The molecule has 0 aliphatic carbocycles. The molecule has 0 aliphatic heterocycles. The summed E-state index contributed by atoms with van der Waals surface area (Å²) in [5.74, 6) is -0.528. The molecule has 78 valence electrons. The largest absolute Gasteiger partial charge is 0.479 e. The van der Waals surface area contributed by atoms with E-state index in [9.17, 15) is 4.79 Å². The second-order valence-electron chi connectivity index (χ2n) is 2.86. The minimum Gasteiger partial charge on any atom is -0.479 e. The van der Waals surface area contributed by atoms with Crippen LogP contribution >= 0.6 is 34.8 Å². The molecule has 0 bridgehead atoms. The molecule has 0 fully saturated rings. The number of aliphatic carboxylic acids is 1. The molecule has 0 radical (unpaired) electrons. The number of rotatable bonds is 7. The van der Waals surface area contributed by atoms with E-state index < -0.39 is 10.3 Å². The Morgan fingerprint density at radius 3 is 2.15 bits per heavy atom. The molecule has 0 amide bonds. The van der Waals surface area contributed by atoms with E-state index in [2.05, 4.69) is 0 Å². The molecule has 0 aromatic heterocycles. The summed E-state index contributed by atoms with van der Waals surface area (Å²) in [5, 5.41) is 8.56. The van der Waals surface area contributed by atoms with E-state index in [0.29, 0.717) is 5.88 Å². The van der Waals surface area contributed by atoms with Crippen LogP contribution in [0, 0.1) is 0 Å². The van der Waals surface area contributed by atoms with Gasteiger partial charge in [-0.2, -0.15) is 0 Å². The van der Waals surface area contributed by atoms with Gasteiger partial charge in [0.1, 0.15) is 0 Å². The predicted molar refractivity (Wildman–Crippen MR) is 55.9 cm³/mol. The van der Waals surface area contributed by atoms with E-state index >= 15 is 0 Å². The predicted octanol–water partition coefficient (Wildman–Crippen LogP) is 3.43. The third kappa shape index (κ3) is 6.42. The van der Waals surface area contributed by atoms with Gasteiger partial charge < -0.3 is 5.11 Å². The number of hydrogen-bond acceptors (Lipinski definition) is 1. The number of carboxylic acids is 1. The van der Waals surface area contributed by atoms with Gasteiger partial charge in [-0.3, -0.25) is 0 Å². The van der Waals surface area contributed by atoms with Gasteiger partial charge in [0.05, 0.1) is 0 Å². The molecule has 0 saturated heterocycles. The lowest BCUT2D eigenvalue weighted by Crippen LogP contribution is -2.25. The van der Waals surface area contributed by atoms with Crippen molar-refractivity contribution in [3.05, 3.63) is 0 Å². The minimum absolute atomic E-state index is 0.285. The van der Waals surface area contributed by atoms with E-state index in [1.165, 1.54) is 0 Å². The number of alkyl halides is 3. The zero-order valence-electron chi connectivity index (χ0n) is 7.23. The molecule has 0 spiro atoms. The summed E-state index contributed by atoms with van der Waals surface area (Å²) in [5.41, 5.74) is 0. The first-order chi connectivity index (χ1) is 6.00. The molecule has 0 atom stereocenters. The van der Waals surface area contributed by atoms with Crippen molar-refractivity contribution in [1.29, 1.82) is 0 Å². The van der Waals surface area contributed by atoms with Gasteiger partial charge in [0.25, 0.3) is 0 Å². The average Bonchev–Trinajstić information content (AvgIpc) is 2.03. The Hall–Kier alpha value is 0.340. The molecule has 0 aromatic rings. The molecular weight excluding hydrogens is 234 g/mol. The van der Waals surface area contributed by atoms with Gasteiger partial charge in [0.2, 0.25) is 4.33 Å². The van der Waals surface area contributed by atoms with Crippen LogP contribution in [0.2, 0.25) is 0 Å². The first kappa shape index (κ1) is 13.3. The maximum Gasteiger partial charge on any atom is 0.340 e. The van der Waals surface area contributed by atoms with Crippen molar-refractivity contribution in [2.75, 3.05) is 5.88 Å². The molecule has 0 aliphatic rings. The third-order valence-electron chi connectivity index (χ3n) is 1.69. The SMILES string of the molecule is O=C(O)C(Cl)(Cl)CCCCCCCl. The second kappa shape index (κ2) is 6.74. The number of unbranched alkanes of at least 4 members (excludes halogenated alkanes) is 3. The smallest absolute Gasteiger partial charge is 0.340 e. The zero-order valence-corrected chi connectivity index (χ0v) is 9.50. The highest BCUT2D eigenvalue weighted by Gasteiger charge is 2.32. The summed E-state index contributed by atoms with van der Waals surface area (Å²) in [6.45, 7) is 0. The van der Waals surface area contributed by atoms with E-state index in [-0.39, 0.29) is 6.42 Å². The van der Waals surface area contributed by atoms with Crippen molar-refractivity contribution in [2.24, 2.45) is 0 Å². The molecule has 13 heavy (non-hydrogen) atoms. The number of halogens is 3. The molecule has 0 heterocycles. The maximum atomic E-state index is 10.5. The first-order valence-electron chi connectivity index (χ1n) is 4.18. The van der Waals surface area contributed by atoms with E-state index in [4.69, 9.17) is 39.9 Å². The molecule has 0 rings (SSSR count). The van der Waals surface area contributed by atoms with Gasteiger partial charge in [-0.25, -0.2) is 4.79 Å². The summed E-state index contributed by atoms with van der Waals surface area (Å²) in [6, 6.07) is 0. The Morgan fingerprint density at radius 2 is 1.69 bits per heavy atom. The highest BCUT2D eigenvalue weighted by molar-refractivity contribution is 6.57. The normalized spacial score (nSPS) is 11.6. The van der Waals surface area contributed by atoms with E-state index in [0.717, 1.165) is 25.7 Å². The highest BCUT2D eigenvalue weighted by Crippen LogP contribution is 2.28. The second-order valence-corrected chi connectivity index (χ2v) is 4.72. The van der Waals surface area contributed by atoms with Crippen molar-refractivity contribution < 1.29 is 9.90 Å². The fourth-order valence-corrected chi connectivity index (χ4v) is 1.36. The van der Waals surface area contributed by atoms with Crippen LogP contribution in [-0.2, 0) is 4.79 Å². The fourth-order valence-electron chi connectivity index (χ4n) is 0.902. The number of hydrogen-bond donors (Lipinski definition) is 1. The van der Waals surface area contributed by atoms with Crippen molar-refractivity contribution >= 4 is 40.8 Å². The van der Waals surface area contributed by atoms with Crippen LogP contribution in [0.15, 0.2) is 0 Å².